The first-order valence-electron chi connectivity index (χ1n) is 9.64. The SMILES string of the molecule is CCN(CC)c1ccc(-c2cn3c(O)c(Cc4ccccc4)nc3cn2)cc1. The number of imidazole rings is 1. The lowest BCUT2D eigenvalue weighted by Gasteiger charge is -2.21. The highest BCUT2D eigenvalue weighted by molar-refractivity contribution is 5.64. The monoisotopic (exact) mass is 372 g/mol. The molecule has 0 saturated carbocycles. The predicted octanol–water partition coefficient (Wildman–Crippen LogP) is 4.54. The van der Waals surface area contributed by atoms with E-state index in [-0.39, 0.29) is 5.88 Å². The molecular weight excluding hydrogens is 348 g/mol. The fourth-order valence-electron chi connectivity index (χ4n) is 3.48. The maximum absolute atomic E-state index is 10.7. The van der Waals surface area contributed by atoms with E-state index in [1.165, 1.54) is 5.69 Å². The van der Waals surface area contributed by atoms with Crippen LogP contribution < -0.4 is 4.90 Å². The highest BCUT2D eigenvalue weighted by Gasteiger charge is 2.13. The lowest BCUT2D eigenvalue weighted by atomic mass is 10.1. The second kappa shape index (κ2) is 7.72. The first-order valence-corrected chi connectivity index (χ1v) is 9.64. The van der Waals surface area contributed by atoms with E-state index >= 15 is 0 Å². The van der Waals surface area contributed by atoms with Gasteiger partial charge in [-0.15, -0.1) is 0 Å². The van der Waals surface area contributed by atoms with E-state index in [0.29, 0.717) is 17.8 Å². The van der Waals surface area contributed by atoms with Gasteiger partial charge in [0.15, 0.2) is 5.65 Å². The number of hydrogen-bond acceptors (Lipinski definition) is 4. The molecule has 5 nitrogen and oxygen atoms in total. The summed E-state index contributed by atoms with van der Waals surface area (Å²) < 4.78 is 1.71. The lowest BCUT2D eigenvalue weighted by Crippen LogP contribution is -2.21. The molecule has 2 heterocycles. The lowest BCUT2D eigenvalue weighted by molar-refractivity contribution is 0.442. The number of fused-ring (bicyclic) bond motifs is 1. The molecule has 1 N–H and O–H groups in total. The summed E-state index contributed by atoms with van der Waals surface area (Å²) in [6.07, 6.45) is 4.14. The van der Waals surface area contributed by atoms with Crippen LogP contribution in [0.2, 0.25) is 0 Å². The Morgan fingerprint density at radius 1 is 0.964 bits per heavy atom. The number of nitrogens with zero attached hydrogens (tertiary/aromatic N) is 4. The average Bonchev–Trinajstić information content (AvgIpc) is 3.05. The van der Waals surface area contributed by atoms with Gasteiger partial charge in [0.1, 0.15) is 5.69 Å². The second-order valence-electron chi connectivity index (χ2n) is 6.76. The van der Waals surface area contributed by atoms with Crippen LogP contribution in [0.4, 0.5) is 5.69 Å². The summed E-state index contributed by atoms with van der Waals surface area (Å²) in [7, 11) is 0. The Labute approximate surface area is 164 Å². The molecule has 2 aromatic heterocycles. The van der Waals surface area contributed by atoms with Crippen LogP contribution in [0.3, 0.4) is 0 Å². The van der Waals surface area contributed by atoms with Crippen molar-refractivity contribution in [3.8, 4) is 17.1 Å². The van der Waals surface area contributed by atoms with Gasteiger partial charge >= 0.3 is 0 Å². The van der Waals surface area contributed by atoms with Gasteiger partial charge < -0.3 is 10.0 Å². The zero-order valence-corrected chi connectivity index (χ0v) is 16.2. The molecule has 0 amide bonds. The minimum atomic E-state index is 0.169. The van der Waals surface area contributed by atoms with Crippen LogP contribution in [-0.4, -0.2) is 32.6 Å². The standard InChI is InChI=1S/C23H24N4O/c1-3-26(4-2)19-12-10-18(11-13-19)21-16-27-22(15-24-21)25-20(23(27)28)14-17-8-6-5-7-9-17/h5-13,15-16,28H,3-4,14H2,1-2H3. The number of benzene rings is 2. The molecule has 0 spiro atoms. The molecular formula is C23H24N4O. The minimum Gasteiger partial charge on any atom is -0.493 e. The fraction of sp³-hybridized carbons (Fsp3) is 0.217. The van der Waals surface area contributed by atoms with E-state index in [0.717, 1.165) is 29.9 Å². The van der Waals surface area contributed by atoms with Gasteiger partial charge in [-0.25, -0.2) is 4.98 Å². The van der Waals surface area contributed by atoms with Crippen molar-refractivity contribution in [2.24, 2.45) is 0 Å². The van der Waals surface area contributed by atoms with Gasteiger partial charge in [0.25, 0.3) is 0 Å². The molecule has 2 aromatic carbocycles. The van der Waals surface area contributed by atoms with Crippen molar-refractivity contribution in [3.05, 3.63) is 78.2 Å². The third-order valence-corrected chi connectivity index (χ3v) is 5.06. The van der Waals surface area contributed by atoms with Crippen LogP contribution in [0.5, 0.6) is 5.88 Å². The molecule has 0 aliphatic heterocycles. The summed E-state index contributed by atoms with van der Waals surface area (Å²) in [4.78, 5) is 11.4. The molecule has 0 atom stereocenters. The molecule has 0 unspecified atom stereocenters. The van der Waals surface area contributed by atoms with Crippen molar-refractivity contribution in [2.45, 2.75) is 20.3 Å². The van der Waals surface area contributed by atoms with E-state index in [1.807, 2.05) is 36.5 Å². The number of aromatic hydroxyl groups is 1. The number of hydrogen-bond donors (Lipinski definition) is 1. The number of aromatic nitrogens is 3. The molecule has 0 aliphatic carbocycles. The Morgan fingerprint density at radius 2 is 1.68 bits per heavy atom. The van der Waals surface area contributed by atoms with Crippen LogP contribution in [0.15, 0.2) is 67.0 Å². The maximum atomic E-state index is 10.7. The normalized spacial score (nSPS) is 11.1. The van der Waals surface area contributed by atoms with Crippen LogP contribution in [0, 0.1) is 0 Å². The smallest absolute Gasteiger partial charge is 0.219 e. The van der Waals surface area contributed by atoms with Crippen molar-refractivity contribution in [2.75, 3.05) is 18.0 Å². The van der Waals surface area contributed by atoms with Crippen molar-refractivity contribution < 1.29 is 5.11 Å². The van der Waals surface area contributed by atoms with Gasteiger partial charge in [-0.05, 0) is 31.5 Å². The topological polar surface area (TPSA) is 53.7 Å². The third-order valence-electron chi connectivity index (χ3n) is 5.06. The highest BCUT2D eigenvalue weighted by atomic mass is 16.3. The van der Waals surface area contributed by atoms with Gasteiger partial charge in [-0.1, -0.05) is 42.5 Å². The van der Waals surface area contributed by atoms with Crippen LogP contribution in [0.1, 0.15) is 25.1 Å². The fourth-order valence-corrected chi connectivity index (χ4v) is 3.48. The van der Waals surface area contributed by atoms with E-state index in [9.17, 15) is 5.11 Å². The molecule has 5 heteroatoms. The molecule has 0 saturated heterocycles. The average molecular weight is 372 g/mol. The zero-order chi connectivity index (χ0) is 19.5. The third kappa shape index (κ3) is 3.43. The van der Waals surface area contributed by atoms with Crippen molar-refractivity contribution in [1.82, 2.24) is 14.4 Å². The molecule has 142 valence electrons. The predicted molar refractivity (Wildman–Crippen MR) is 113 cm³/mol. The minimum absolute atomic E-state index is 0.169. The summed E-state index contributed by atoms with van der Waals surface area (Å²) in [5, 5.41) is 10.7. The van der Waals surface area contributed by atoms with Crippen molar-refractivity contribution in [1.29, 1.82) is 0 Å². The Kier molecular flexibility index (Phi) is 4.98. The van der Waals surface area contributed by atoms with Crippen molar-refractivity contribution in [3.63, 3.8) is 0 Å². The summed E-state index contributed by atoms with van der Waals surface area (Å²) in [5.74, 6) is 0.169. The van der Waals surface area contributed by atoms with E-state index in [4.69, 9.17) is 0 Å². The Morgan fingerprint density at radius 3 is 2.36 bits per heavy atom. The summed E-state index contributed by atoms with van der Waals surface area (Å²) >= 11 is 0. The van der Waals surface area contributed by atoms with Gasteiger partial charge in [-0.2, -0.15) is 0 Å². The Balaban J connectivity index is 1.65. The maximum Gasteiger partial charge on any atom is 0.219 e. The van der Waals surface area contributed by atoms with E-state index < -0.39 is 0 Å². The molecule has 0 radical (unpaired) electrons. The summed E-state index contributed by atoms with van der Waals surface area (Å²) in [6.45, 7) is 6.27. The first kappa shape index (κ1) is 18.0. The number of anilines is 1. The molecule has 28 heavy (non-hydrogen) atoms. The van der Waals surface area contributed by atoms with Gasteiger partial charge in [-0.3, -0.25) is 9.38 Å². The van der Waals surface area contributed by atoms with Crippen LogP contribution in [0.25, 0.3) is 16.9 Å². The molecule has 4 aromatic rings. The quantitative estimate of drug-likeness (QED) is 0.540. The molecule has 0 fully saturated rings. The van der Waals surface area contributed by atoms with Gasteiger partial charge in [0, 0.05) is 37.0 Å². The molecule has 0 aliphatic rings. The van der Waals surface area contributed by atoms with Gasteiger partial charge in [0.2, 0.25) is 5.88 Å². The van der Waals surface area contributed by atoms with Crippen LogP contribution >= 0.6 is 0 Å². The molecule has 0 bridgehead atoms. The highest BCUT2D eigenvalue weighted by Crippen LogP contribution is 2.26. The Hall–Kier alpha value is -3.34. The van der Waals surface area contributed by atoms with Crippen molar-refractivity contribution >= 4 is 11.3 Å². The molecule has 4 rings (SSSR count). The summed E-state index contributed by atoms with van der Waals surface area (Å²) in [6, 6.07) is 18.4. The number of rotatable bonds is 6. The van der Waals surface area contributed by atoms with E-state index in [1.54, 1.807) is 10.6 Å². The summed E-state index contributed by atoms with van der Waals surface area (Å²) in [5.41, 5.74) is 5.42. The van der Waals surface area contributed by atoms with Crippen LogP contribution in [-0.2, 0) is 6.42 Å². The largest absolute Gasteiger partial charge is 0.493 e. The zero-order valence-electron chi connectivity index (χ0n) is 16.2. The van der Waals surface area contributed by atoms with E-state index in [2.05, 4.69) is 53.0 Å². The van der Waals surface area contributed by atoms with Gasteiger partial charge in [0.05, 0.1) is 11.9 Å². The Bertz CT molecular complexity index is 1070. The second-order valence-corrected chi connectivity index (χ2v) is 6.76. The first-order chi connectivity index (χ1) is 13.7.